The van der Waals surface area contributed by atoms with E-state index in [0.717, 1.165) is 0 Å². The van der Waals surface area contributed by atoms with Crippen molar-refractivity contribution in [3.05, 3.63) is 48.5 Å². The summed E-state index contributed by atoms with van der Waals surface area (Å²) in [7, 11) is 1.79. The number of rotatable bonds is 4. The summed E-state index contributed by atoms with van der Waals surface area (Å²) in [5.74, 6) is 0. The van der Waals surface area contributed by atoms with Gasteiger partial charge < -0.3 is 14.5 Å². The zero-order valence-corrected chi connectivity index (χ0v) is 15.0. The number of anilines is 2. The molecule has 0 fully saturated rings. The Morgan fingerprint density at radius 2 is 1.67 bits per heavy atom. The molecular formula is C19H22N2O2S. The maximum Gasteiger partial charge on any atom is 0.409 e. The number of ether oxygens (including phenoxy) is 1. The molecule has 0 saturated carbocycles. The van der Waals surface area contributed by atoms with Crippen LogP contribution in [0.1, 0.15) is 13.8 Å². The molecule has 126 valence electrons. The SMILES string of the molecule is CCOC(=O)N(C)C(C)CN1c2ccccc2Sc2ccccc21. The summed E-state index contributed by atoms with van der Waals surface area (Å²) >= 11 is 1.79. The molecular weight excluding hydrogens is 320 g/mol. The molecule has 0 saturated heterocycles. The largest absolute Gasteiger partial charge is 0.450 e. The fourth-order valence-corrected chi connectivity index (χ4v) is 3.87. The molecule has 0 N–H and O–H groups in total. The highest BCUT2D eigenvalue weighted by molar-refractivity contribution is 7.99. The second kappa shape index (κ2) is 7.18. The normalized spacial score (nSPS) is 13.7. The molecule has 24 heavy (non-hydrogen) atoms. The van der Waals surface area contributed by atoms with Gasteiger partial charge in [0.1, 0.15) is 0 Å². The minimum absolute atomic E-state index is 0.0215. The van der Waals surface area contributed by atoms with Crippen LogP contribution in [0.4, 0.5) is 16.2 Å². The van der Waals surface area contributed by atoms with Crippen LogP contribution >= 0.6 is 11.8 Å². The van der Waals surface area contributed by atoms with E-state index in [2.05, 4.69) is 53.4 Å². The van der Waals surface area contributed by atoms with E-state index in [1.807, 2.05) is 13.8 Å². The van der Waals surface area contributed by atoms with Crippen molar-refractivity contribution >= 4 is 29.2 Å². The van der Waals surface area contributed by atoms with Gasteiger partial charge in [-0.15, -0.1) is 0 Å². The van der Waals surface area contributed by atoms with Gasteiger partial charge in [0, 0.05) is 29.4 Å². The lowest BCUT2D eigenvalue weighted by Crippen LogP contribution is -2.42. The van der Waals surface area contributed by atoms with Crippen molar-refractivity contribution in [3.8, 4) is 0 Å². The monoisotopic (exact) mass is 342 g/mol. The fraction of sp³-hybridized carbons (Fsp3) is 0.316. The van der Waals surface area contributed by atoms with Crippen molar-refractivity contribution in [1.29, 1.82) is 0 Å². The highest BCUT2D eigenvalue weighted by Gasteiger charge is 2.26. The number of nitrogens with zero attached hydrogens (tertiary/aromatic N) is 2. The summed E-state index contributed by atoms with van der Waals surface area (Å²) in [6, 6.07) is 16.8. The Bertz CT molecular complexity index is 689. The third-order valence-corrected chi connectivity index (χ3v) is 5.33. The Morgan fingerprint density at radius 3 is 2.21 bits per heavy atom. The molecule has 2 aromatic rings. The molecule has 0 bridgehead atoms. The number of amides is 1. The van der Waals surface area contributed by atoms with Crippen molar-refractivity contribution < 1.29 is 9.53 Å². The van der Waals surface area contributed by atoms with Crippen LogP contribution in [0.25, 0.3) is 0 Å². The predicted molar refractivity (Wildman–Crippen MR) is 98.3 cm³/mol. The third kappa shape index (κ3) is 3.22. The van der Waals surface area contributed by atoms with Crippen LogP contribution < -0.4 is 4.90 Å². The van der Waals surface area contributed by atoms with Crippen LogP contribution in [-0.2, 0) is 4.74 Å². The minimum Gasteiger partial charge on any atom is -0.450 e. The predicted octanol–water partition coefficient (Wildman–Crippen LogP) is 4.77. The molecule has 0 aromatic heterocycles. The first-order valence-corrected chi connectivity index (χ1v) is 8.96. The molecule has 4 nitrogen and oxygen atoms in total. The van der Waals surface area contributed by atoms with Gasteiger partial charge in [0.2, 0.25) is 0 Å². The van der Waals surface area contributed by atoms with E-state index in [-0.39, 0.29) is 12.1 Å². The zero-order valence-electron chi connectivity index (χ0n) is 14.2. The lowest BCUT2D eigenvalue weighted by atomic mass is 10.2. The topological polar surface area (TPSA) is 32.8 Å². The van der Waals surface area contributed by atoms with E-state index in [0.29, 0.717) is 13.2 Å². The third-order valence-electron chi connectivity index (χ3n) is 4.20. The smallest absolute Gasteiger partial charge is 0.409 e. The van der Waals surface area contributed by atoms with Crippen LogP contribution in [0.2, 0.25) is 0 Å². The van der Waals surface area contributed by atoms with Crippen LogP contribution in [0, 0.1) is 0 Å². The van der Waals surface area contributed by atoms with Crippen molar-refractivity contribution in [2.45, 2.75) is 29.7 Å². The second-order valence-corrected chi connectivity index (χ2v) is 6.89. The standard InChI is InChI=1S/C19H22N2O2S/c1-4-23-19(22)20(3)14(2)13-21-15-9-5-7-11-17(15)24-18-12-8-6-10-16(18)21/h5-12,14H,4,13H2,1-3H3. The first kappa shape index (κ1) is 16.7. The van der Waals surface area contributed by atoms with Gasteiger partial charge >= 0.3 is 6.09 Å². The second-order valence-electron chi connectivity index (χ2n) is 5.81. The van der Waals surface area contributed by atoms with Crippen LogP contribution in [0.3, 0.4) is 0 Å². The van der Waals surface area contributed by atoms with Gasteiger partial charge in [-0.05, 0) is 38.1 Å². The Labute approximate surface area is 147 Å². The van der Waals surface area contributed by atoms with E-state index < -0.39 is 0 Å². The van der Waals surface area contributed by atoms with Gasteiger partial charge in [-0.25, -0.2) is 4.79 Å². The van der Waals surface area contributed by atoms with Crippen LogP contribution in [-0.4, -0.2) is 37.2 Å². The highest BCUT2D eigenvalue weighted by atomic mass is 32.2. The maximum absolute atomic E-state index is 12.0. The first-order valence-electron chi connectivity index (χ1n) is 8.15. The molecule has 3 rings (SSSR count). The summed E-state index contributed by atoms with van der Waals surface area (Å²) < 4.78 is 5.12. The fourth-order valence-electron chi connectivity index (χ4n) is 2.77. The number of benzene rings is 2. The molecule has 5 heteroatoms. The first-order chi connectivity index (χ1) is 11.6. The van der Waals surface area contributed by atoms with Crippen LogP contribution in [0.15, 0.2) is 58.3 Å². The number of likely N-dealkylation sites (N-methyl/N-ethyl adjacent to an activating group) is 1. The summed E-state index contributed by atoms with van der Waals surface area (Å²) in [5, 5.41) is 0. The Balaban J connectivity index is 1.89. The molecule has 1 atom stereocenters. The zero-order chi connectivity index (χ0) is 17.1. The molecule has 0 aliphatic carbocycles. The van der Waals surface area contributed by atoms with Crippen LogP contribution in [0.5, 0.6) is 0 Å². The average molecular weight is 342 g/mol. The molecule has 1 aliphatic rings. The number of para-hydroxylation sites is 2. The number of hydrogen-bond donors (Lipinski definition) is 0. The van der Waals surface area contributed by atoms with Crippen molar-refractivity contribution in [2.24, 2.45) is 0 Å². The van der Waals surface area contributed by atoms with E-state index in [1.165, 1.54) is 21.2 Å². The summed E-state index contributed by atoms with van der Waals surface area (Å²) in [6.45, 7) is 4.97. The molecule has 1 aliphatic heterocycles. The molecule has 1 unspecified atom stereocenters. The van der Waals surface area contributed by atoms with E-state index in [9.17, 15) is 4.79 Å². The molecule has 1 amide bonds. The number of fused-ring (bicyclic) bond motifs is 2. The van der Waals surface area contributed by atoms with Crippen molar-refractivity contribution in [2.75, 3.05) is 25.1 Å². The molecule has 0 spiro atoms. The minimum atomic E-state index is -0.280. The van der Waals surface area contributed by atoms with Gasteiger partial charge in [-0.1, -0.05) is 36.0 Å². The van der Waals surface area contributed by atoms with Crippen molar-refractivity contribution in [3.63, 3.8) is 0 Å². The maximum atomic E-state index is 12.0. The number of carbonyl (C=O) groups excluding carboxylic acids is 1. The lowest BCUT2D eigenvalue weighted by Gasteiger charge is -2.36. The molecule has 1 heterocycles. The number of carbonyl (C=O) groups is 1. The molecule has 2 aromatic carbocycles. The summed E-state index contributed by atoms with van der Waals surface area (Å²) in [4.78, 5) is 18.4. The Kier molecular flexibility index (Phi) is 5.00. The highest BCUT2D eigenvalue weighted by Crippen LogP contribution is 2.47. The van der Waals surface area contributed by atoms with Gasteiger partial charge in [0.05, 0.1) is 18.0 Å². The summed E-state index contributed by atoms with van der Waals surface area (Å²) in [6.07, 6.45) is -0.280. The summed E-state index contributed by atoms with van der Waals surface area (Å²) in [5.41, 5.74) is 2.37. The quantitative estimate of drug-likeness (QED) is 0.801. The molecule has 0 radical (unpaired) electrons. The van der Waals surface area contributed by atoms with Gasteiger partial charge in [-0.2, -0.15) is 0 Å². The number of hydrogen-bond acceptors (Lipinski definition) is 4. The van der Waals surface area contributed by atoms with Gasteiger partial charge in [-0.3, -0.25) is 0 Å². The van der Waals surface area contributed by atoms with Crippen molar-refractivity contribution in [1.82, 2.24) is 4.90 Å². The lowest BCUT2D eigenvalue weighted by molar-refractivity contribution is 0.105. The van der Waals surface area contributed by atoms with E-state index in [4.69, 9.17) is 4.74 Å². The van der Waals surface area contributed by atoms with E-state index in [1.54, 1.807) is 23.7 Å². The van der Waals surface area contributed by atoms with Gasteiger partial charge in [0.15, 0.2) is 0 Å². The average Bonchev–Trinajstić information content (AvgIpc) is 2.61. The van der Waals surface area contributed by atoms with E-state index >= 15 is 0 Å². The Morgan fingerprint density at radius 1 is 1.12 bits per heavy atom. The Hall–Kier alpha value is -2.14. The van der Waals surface area contributed by atoms with Gasteiger partial charge in [0.25, 0.3) is 0 Å².